The van der Waals surface area contributed by atoms with E-state index >= 15 is 0 Å². The van der Waals surface area contributed by atoms with Crippen LogP contribution in [-0.4, -0.2) is 25.4 Å². The molecule has 2 atom stereocenters. The highest BCUT2D eigenvalue weighted by atomic mass is 19.1. The minimum absolute atomic E-state index is 0.248. The van der Waals surface area contributed by atoms with Crippen molar-refractivity contribution in [2.45, 2.75) is 44.9 Å². The van der Waals surface area contributed by atoms with Gasteiger partial charge in [-0.05, 0) is 38.8 Å². The van der Waals surface area contributed by atoms with Gasteiger partial charge in [-0.3, -0.25) is 0 Å². The van der Waals surface area contributed by atoms with Gasteiger partial charge in [-0.1, -0.05) is 0 Å². The van der Waals surface area contributed by atoms with E-state index in [1.54, 1.807) is 13.2 Å². The summed E-state index contributed by atoms with van der Waals surface area (Å²) in [7, 11) is 1.55. The van der Waals surface area contributed by atoms with Gasteiger partial charge < -0.3 is 14.8 Å². The smallest absolute Gasteiger partial charge is 0.144 e. The first-order chi connectivity index (χ1) is 8.58. The Hall–Kier alpha value is -1.29. The van der Waals surface area contributed by atoms with Crippen molar-refractivity contribution in [1.29, 1.82) is 0 Å². The fraction of sp³-hybridized carbons (Fsp3) is 0.571. The second-order valence-electron chi connectivity index (χ2n) is 4.91. The average molecular weight is 253 g/mol. The van der Waals surface area contributed by atoms with Crippen molar-refractivity contribution in [1.82, 2.24) is 0 Å². The van der Waals surface area contributed by atoms with Crippen LogP contribution in [0.4, 0.5) is 10.1 Å². The van der Waals surface area contributed by atoms with Crippen LogP contribution in [0.25, 0.3) is 0 Å². The van der Waals surface area contributed by atoms with E-state index in [2.05, 4.69) is 19.2 Å². The van der Waals surface area contributed by atoms with E-state index in [1.165, 1.54) is 12.1 Å². The summed E-state index contributed by atoms with van der Waals surface area (Å²) in [5, 5.41) is 3.42. The topological polar surface area (TPSA) is 30.5 Å². The predicted octanol–water partition coefficient (Wildman–Crippen LogP) is 3.20. The molecule has 0 bridgehead atoms. The van der Waals surface area contributed by atoms with Gasteiger partial charge in [0.1, 0.15) is 11.6 Å². The molecule has 2 rings (SSSR count). The zero-order chi connectivity index (χ0) is 13.1. The van der Waals surface area contributed by atoms with Crippen LogP contribution in [0.3, 0.4) is 0 Å². The molecule has 1 aliphatic heterocycles. The summed E-state index contributed by atoms with van der Waals surface area (Å²) in [6.45, 7) is 4.15. The number of hydrogen-bond acceptors (Lipinski definition) is 3. The number of methoxy groups -OCH3 is 1. The molecule has 1 aliphatic rings. The number of rotatable bonds is 3. The summed E-state index contributed by atoms with van der Waals surface area (Å²) < 4.78 is 24.0. The largest absolute Gasteiger partial charge is 0.494 e. The molecule has 1 aromatic rings. The molecular formula is C14H20FNO2. The van der Waals surface area contributed by atoms with E-state index in [1.807, 2.05) is 0 Å². The quantitative estimate of drug-likeness (QED) is 0.897. The van der Waals surface area contributed by atoms with Crippen molar-refractivity contribution in [3.8, 4) is 5.75 Å². The van der Waals surface area contributed by atoms with Gasteiger partial charge in [0.15, 0.2) is 0 Å². The number of benzene rings is 1. The zero-order valence-electron chi connectivity index (χ0n) is 11.1. The van der Waals surface area contributed by atoms with E-state index in [0.717, 1.165) is 18.5 Å². The van der Waals surface area contributed by atoms with Crippen LogP contribution in [0.15, 0.2) is 18.2 Å². The maximum Gasteiger partial charge on any atom is 0.144 e. The highest BCUT2D eigenvalue weighted by molar-refractivity contribution is 5.57. The molecule has 1 aromatic carbocycles. The first-order valence-electron chi connectivity index (χ1n) is 6.34. The van der Waals surface area contributed by atoms with Crippen LogP contribution in [-0.2, 0) is 4.74 Å². The molecule has 1 saturated heterocycles. The fourth-order valence-corrected chi connectivity index (χ4v) is 2.53. The van der Waals surface area contributed by atoms with Gasteiger partial charge >= 0.3 is 0 Å². The summed E-state index contributed by atoms with van der Waals surface area (Å²) in [4.78, 5) is 0. The average Bonchev–Trinajstić information content (AvgIpc) is 2.30. The molecule has 1 heterocycles. The van der Waals surface area contributed by atoms with Crippen molar-refractivity contribution in [2.24, 2.45) is 0 Å². The van der Waals surface area contributed by atoms with Gasteiger partial charge in [-0.15, -0.1) is 0 Å². The molecule has 3 nitrogen and oxygen atoms in total. The van der Waals surface area contributed by atoms with Crippen LogP contribution < -0.4 is 10.1 Å². The molecule has 18 heavy (non-hydrogen) atoms. The Morgan fingerprint density at radius 3 is 2.56 bits per heavy atom. The molecule has 0 radical (unpaired) electrons. The van der Waals surface area contributed by atoms with Gasteiger partial charge in [-0.2, -0.15) is 0 Å². The molecule has 2 unspecified atom stereocenters. The lowest BCUT2D eigenvalue weighted by atomic mass is 9.99. The molecule has 0 aliphatic carbocycles. The SMILES string of the molecule is COc1cc(F)ccc1NC1CC(C)OC(C)C1. The van der Waals surface area contributed by atoms with Crippen LogP contribution in [0, 0.1) is 5.82 Å². The predicted molar refractivity (Wildman–Crippen MR) is 69.6 cm³/mol. The first-order valence-corrected chi connectivity index (χ1v) is 6.34. The zero-order valence-corrected chi connectivity index (χ0v) is 11.1. The Bertz CT molecular complexity index is 401. The Morgan fingerprint density at radius 2 is 1.94 bits per heavy atom. The summed E-state index contributed by atoms with van der Waals surface area (Å²) in [5.41, 5.74) is 0.838. The highest BCUT2D eigenvalue weighted by Crippen LogP contribution is 2.29. The summed E-state index contributed by atoms with van der Waals surface area (Å²) >= 11 is 0. The molecule has 4 heteroatoms. The molecule has 1 fully saturated rings. The Morgan fingerprint density at radius 1 is 1.28 bits per heavy atom. The van der Waals surface area contributed by atoms with Crippen LogP contribution in [0.2, 0.25) is 0 Å². The minimum atomic E-state index is -0.286. The molecule has 1 N–H and O–H groups in total. The van der Waals surface area contributed by atoms with Crippen molar-refractivity contribution < 1.29 is 13.9 Å². The second-order valence-corrected chi connectivity index (χ2v) is 4.91. The number of anilines is 1. The van der Waals surface area contributed by atoms with Crippen molar-refractivity contribution >= 4 is 5.69 Å². The summed E-state index contributed by atoms with van der Waals surface area (Å²) in [6.07, 6.45) is 2.39. The summed E-state index contributed by atoms with van der Waals surface area (Å²) in [5.74, 6) is 0.257. The van der Waals surface area contributed by atoms with Crippen molar-refractivity contribution in [3.63, 3.8) is 0 Å². The lowest BCUT2D eigenvalue weighted by Gasteiger charge is -2.33. The maximum atomic E-state index is 13.1. The molecule has 0 spiro atoms. The monoisotopic (exact) mass is 253 g/mol. The number of ether oxygens (including phenoxy) is 2. The molecule has 0 saturated carbocycles. The van der Waals surface area contributed by atoms with E-state index in [0.29, 0.717) is 11.8 Å². The molecular weight excluding hydrogens is 233 g/mol. The van der Waals surface area contributed by atoms with Crippen LogP contribution in [0.5, 0.6) is 5.75 Å². The second kappa shape index (κ2) is 5.57. The number of hydrogen-bond donors (Lipinski definition) is 1. The highest BCUT2D eigenvalue weighted by Gasteiger charge is 2.24. The normalized spacial score (nSPS) is 27.9. The molecule has 100 valence electrons. The van der Waals surface area contributed by atoms with Gasteiger partial charge in [-0.25, -0.2) is 4.39 Å². The Balaban J connectivity index is 2.08. The standard InChI is InChI=1S/C14H20FNO2/c1-9-6-12(7-10(2)18-9)16-13-5-4-11(15)8-14(13)17-3/h4-5,8-10,12,16H,6-7H2,1-3H3. The minimum Gasteiger partial charge on any atom is -0.494 e. The van der Waals surface area contributed by atoms with E-state index < -0.39 is 0 Å². The maximum absolute atomic E-state index is 13.1. The van der Waals surface area contributed by atoms with Crippen molar-refractivity contribution in [2.75, 3.05) is 12.4 Å². The molecule has 0 aromatic heterocycles. The number of halogens is 1. The van der Waals surface area contributed by atoms with Gasteiger partial charge in [0.2, 0.25) is 0 Å². The van der Waals surface area contributed by atoms with Gasteiger partial charge in [0, 0.05) is 12.1 Å². The summed E-state index contributed by atoms with van der Waals surface area (Å²) in [6, 6.07) is 4.90. The van der Waals surface area contributed by atoms with E-state index in [9.17, 15) is 4.39 Å². The third-order valence-electron chi connectivity index (χ3n) is 3.22. The van der Waals surface area contributed by atoms with Crippen LogP contribution >= 0.6 is 0 Å². The van der Waals surface area contributed by atoms with Gasteiger partial charge in [0.25, 0.3) is 0 Å². The molecule has 0 amide bonds. The fourth-order valence-electron chi connectivity index (χ4n) is 2.53. The van der Waals surface area contributed by atoms with E-state index in [-0.39, 0.29) is 18.0 Å². The lowest BCUT2D eigenvalue weighted by molar-refractivity contribution is -0.0338. The third kappa shape index (κ3) is 3.13. The van der Waals surface area contributed by atoms with E-state index in [4.69, 9.17) is 9.47 Å². The Labute approximate surface area is 107 Å². The lowest BCUT2D eigenvalue weighted by Crippen LogP contribution is -2.36. The Kier molecular flexibility index (Phi) is 4.07. The van der Waals surface area contributed by atoms with Crippen LogP contribution in [0.1, 0.15) is 26.7 Å². The number of nitrogens with one attached hydrogen (secondary N) is 1. The van der Waals surface area contributed by atoms with Crippen molar-refractivity contribution in [3.05, 3.63) is 24.0 Å². The van der Waals surface area contributed by atoms with Gasteiger partial charge in [0.05, 0.1) is 25.0 Å². The third-order valence-corrected chi connectivity index (χ3v) is 3.22. The first kappa shape index (κ1) is 13.1.